The fourth-order valence-corrected chi connectivity index (χ4v) is 2.94. The van der Waals surface area contributed by atoms with Gasteiger partial charge in [0.05, 0.1) is 5.39 Å². The molecule has 0 aliphatic rings. The molecular weight excluding hydrogens is 332 g/mol. The summed E-state index contributed by atoms with van der Waals surface area (Å²) in [4.78, 5) is 39.7. The smallest absolute Gasteiger partial charge is 0.276 e. The largest absolute Gasteiger partial charge is 0.358 e. The van der Waals surface area contributed by atoms with Gasteiger partial charge in [0.15, 0.2) is 11.1 Å². The molecule has 0 saturated carbocycles. The summed E-state index contributed by atoms with van der Waals surface area (Å²) < 4.78 is 0. The first kappa shape index (κ1) is 15.8. The SMILES string of the molecule is Cc1cc(=O)c2cc(NC(=O)c3n[nH]c(=O)c4ccccc34)ccc2[nH]1. The molecule has 0 saturated heterocycles. The zero-order chi connectivity index (χ0) is 18.3. The monoisotopic (exact) mass is 346 g/mol. The second-order valence-electron chi connectivity index (χ2n) is 5.98. The Morgan fingerprint density at radius 2 is 1.77 bits per heavy atom. The van der Waals surface area contributed by atoms with Gasteiger partial charge in [-0.15, -0.1) is 0 Å². The molecule has 26 heavy (non-hydrogen) atoms. The van der Waals surface area contributed by atoms with Gasteiger partial charge in [-0.3, -0.25) is 14.4 Å². The molecule has 0 bridgehead atoms. The van der Waals surface area contributed by atoms with Crippen LogP contribution < -0.4 is 16.3 Å². The Morgan fingerprint density at radius 3 is 2.58 bits per heavy atom. The number of fused-ring (bicyclic) bond motifs is 2. The van der Waals surface area contributed by atoms with Gasteiger partial charge in [0.1, 0.15) is 0 Å². The van der Waals surface area contributed by atoms with Crippen molar-refractivity contribution in [3.8, 4) is 0 Å². The van der Waals surface area contributed by atoms with Crippen LogP contribution in [0.4, 0.5) is 5.69 Å². The summed E-state index contributed by atoms with van der Waals surface area (Å²) in [5.74, 6) is -0.472. The Hall–Kier alpha value is -3.74. The minimum atomic E-state index is -0.472. The zero-order valence-corrected chi connectivity index (χ0v) is 13.8. The Labute approximate surface area is 146 Å². The van der Waals surface area contributed by atoms with Crippen LogP contribution in [0.25, 0.3) is 21.7 Å². The van der Waals surface area contributed by atoms with Gasteiger partial charge < -0.3 is 10.3 Å². The number of pyridine rings is 1. The molecule has 7 heteroatoms. The van der Waals surface area contributed by atoms with Crippen LogP contribution in [0.5, 0.6) is 0 Å². The molecule has 0 aliphatic heterocycles. The maximum Gasteiger partial charge on any atom is 0.276 e. The van der Waals surface area contributed by atoms with E-state index in [1.54, 1.807) is 42.5 Å². The van der Waals surface area contributed by atoms with Gasteiger partial charge in [0.25, 0.3) is 11.5 Å². The predicted octanol–water partition coefficient (Wildman–Crippen LogP) is 2.33. The van der Waals surface area contributed by atoms with Crippen molar-refractivity contribution in [3.05, 3.63) is 80.5 Å². The third kappa shape index (κ3) is 2.65. The molecule has 4 rings (SSSR count). The number of H-pyrrole nitrogens is 2. The van der Waals surface area contributed by atoms with E-state index in [1.165, 1.54) is 6.07 Å². The van der Waals surface area contributed by atoms with E-state index in [4.69, 9.17) is 0 Å². The fraction of sp³-hybridized carbons (Fsp3) is 0.0526. The highest BCUT2D eigenvalue weighted by molar-refractivity contribution is 6.11. The van der Waals surface area contributed by atoms with Gasteiger partial charge >= 0.3 is 0 Å². The second kappa shape index (κ2) is 5.96. The third-order valence-corrected chi connectivity index (χ3v) is 4.13. The first-order valence-electron chi connectivity index (χ1n) is 7.95. The summed E-state index contributed by atoms with van der Waals surface area (Å²) in [5, 5.41) is 10.3. The zero-order valence-electron chi connectivity index (χ0n) is 13.8. The summed E-state index contributed by atoms with van der Waals surface area (Å²) in [6, 6.07) is 13.3. The Kier molecular flexibility index (Phi) is 3.62. The lowest BCUT2D eigenvalue weighted by Crippen LogP contribution is -2.19. The fourth-order valence-electron chi connectivity index (χ4n) is 2.94. The van der Waals surface area contributed by atoms with Gasteiger partial charge in [-0.1, -0.05) is 18.2 Å². The number of rotatable bonds is 2. The van der Waals surface area contributed by atoms with Crippen LogP contribution in [0, 0.1) is 6.92 Å². The molecule has 3 N–H and O–H groups in total. The van der Waals surface area contributed by atoms with Crippen LogP contribution >= 0.6 is 0 Å². The van der Waals surface area contributed by atoms with E-state index in [0.29, 0.717) is 27.4 Å². The maximum atomic E-state index is 12.6. The lowest BCUT2D eigenvalue weighted by molar-refractivity contribution is 0.102. The van der Waals surface area contributed by atoms with E-state index in [1.807, 2.05) is 6.92 Å². The molecule has 0 fully saturated rings. The highest BCUT2D eigenvalue weighted by atomic mass is 16.2. The first-order chi connectivity index (χ1) is 12.5. The number of benzene rings is 2. The minimum Gasteiger partial charge on any atom is -0.358 e. The van der Waals surface area contributed by atoms with Crippen molar-refractivity contribution in [2.75, 3.05) is 5.32 Å². The van der Waals surface area contributed by atoms with Crippen molar-refractivity contribution in [1.29, 1.82) is 0 Å². The van der Waals surface area contributed by atoms with Crippen molar-refractivity contribution < 1.29 is 4.79 Å². The number of amides is 1. The van der Waals surface area contributed by atoms with E-state index in [2.05, 4.69) is 20.5 Å². The number of hydrogen-bond donors (Lipinski definition) is 3. The summed E-state index contributed by atoms with van der Waals surface area (Å²) >= 11 is 0. The number of carbonyl (C=O) groups is 1. The topological polar surface area (TPSA) is 108 Å². The normalized spacial score (nSPS) is 11.0. The summed E-state index contributed by atoms with van der Waals surface area (Å²) in [6.07, 6.45) is 0. The van der Waals surface area contributed by atoms with Crippen molar-refractivity contribution in [2.45, 2.75) is 6.92 Å². The number of carbonyl (C=O) groups excluding carboxylic acids is 1. The van der Waals surface area contributed by atoms with Crippen molar-refractivity contribution >= 4 is 33.3 Å². The van der Waals surface area contributed by atoms with Crippen molar-refractivity contribution in [2.24, 2.45) is 0 Å². The lowest BCUT2D eigenvalue weighted by atomic mass is 10.1. The lowest BCUT2D eigenvalue weighted by Gasteiger charge is -2.08. The standard InChI is InChI=1S/C19H14N4O3/c1-10-8-16(24)14-9-11(6-7-15(14)20-10)21-19(26)17-12-4-2-3-5-13(12)18(25)23-22-17/h2-9H,1H3,(H,20,24)(H,21,26)(H,23,25). The predicted molar refractivity (Wildman–Crippen MR) is 99.6 cm³/mol. The third-order valence-electron chi connectivity index (χ3n) is 4.13. The van der Waals surface area contributed by atoms with Crippen LogP contribution in [0.1, 0.15) is 16.2 Å². The highest BCUT2D eigenvalue weighted by Gasteiger charge is 2.14. The number of anilines is 1. The van der Waals surface area contributed by atoms with Gasteiger partial charge in [0, 0.05) is 33.7 Å². The number of aromatic amines is 2. The first-order valence-corrected chi connectivity index (χ1v) is 7.95. The molecule has 1 amide bonds. The number of hydrogen-bond acceptors (Lipinski definition) is 4. The van der Waals surface area contributed by atoms with Crippen LogP contribution in [0.3, 0.4) is 0 Å². The summed E-state index contributed by atoms with van der Waals surface area (Å²) in [6.45, 7) is 1.81. The van der Waals surface area contributed by atoms with E-state index in [-0.39, 0.29) is 16.7 Å². The summed E-state index contributed by atoms with van der Waals surface area (Å²) in [5.41, 5.74) is 1.56. The molecular formula is C19H14N4O3. The van der Waals surface area contributed by atoms with Crippen LogP contribution in [-0.2, 0) is 0 Å². The van der Waals surface area contributed by atoms with Gasteiger partial charge in [-0.05, 0) is 31.2 Å². The molecule has 0 spiro atoms. The van der Waals surface area contributed by atoms with E-state index >= 15 is 0 Å². The molecule has 0 unspecified atom stereocenters. The molecule has 4 aromatic rings. The van der Waals surface area contributed by atoms with Crippen molar-refractivity contribution in [1.82, 2.24) is 15.2 Å². The Bertz CT molecular complexity index is 1290. The number of nitrogens with zero attached hydrogens (tertiary/aromatic N) is 1. The molecule has 2 aromatic carbocycles. The average molecular weight is 346 g/mol. The van der Waals surface area contributed by atoms with Crippen LogP contribution in [0.15, 0.2) is 58.1 Å². The molecule has 0 atom stereocenters. The second-order valence-corrected chi connectivity index (χ2v) is 5.98. The average Bonchev–Trinajstić information content (AvgIpc) is 2.62. The maximum absolute atomic E-state index is 12.6. The number of aryl methyl sites for hydroxylation is 1. The van der Waals surface area contributed by atoms with Crippen molar-refractivity contribution in [3.63, 3.8) is 0 Å². The molecule has 0 radical (unpaired) electrons. The van der Waals surface area contributed by atoms with E-state index < -0.39 is 5.91 Å². The molecule has 0 aliphatic carbocycles. The quantitative estimate of drug-likeness (QED) is 0.518. The van der Waals surface area contributed by atoms with E-state index in [9.17, 15) is 14.4 Å². The van der Waals surface area contributed by atoms with Crippen LogP contribution in [-0.4, -0.2) is 21.1 Å². The summed E-state index contributed by atoms with van der Waals surface area (Å²) in [7, 11) is 0. The van der Waals surface area contributed by atoms with Crippen LogP contribution in [0.2, 0.25) is 0 Å². The Balaban J connectivity index is 1.75. The van der Waals surface area contributed by atoms with Gasteiger partial charge in [0.2, 0.25) is 0 Å². The van der Waals surface area contributed by atoms with E-state index in [0.717, 1.165) is 5.69 Å². The number of aromatic nitrogens is 3. The molecule has 2 heterocycles. The van der Waals surface area contributed by atoms with Gasteiger partial charge in [-0.25, -0.2) is 5.10 Å². The highest BCUT2D eigenvalue weighted by Crippen LogP contribution is 2.18. The number of nitrogens with one attached hydrogen (secondary N) is 3. The Morgan fingerprint density at radius 1 is 1.00 bits per heavy atom. The minimum absolute atomic E-state index is 0.109. The molecule has 2 aromatic heterocycles. The molecule has 7 nitrogen and oxygen atoms in total. The molecule has 128 valence electrons. The van der Waals surface area contributed by atoms with Gasteiger partial charge in [-0.2, -0.15) is 5.10 Å².